The lowest BCUT2D eigenvalue weighted by Gasteiger charge is -2.35. The summed E-state index contributed by atoms with van der Waals surface area (Å²) >= 11 is 0. The van der Waals surface area contributed by atoms with Crippen LogP contribution in [0.4, 0.5) is 5.69 Å². The van der Waals surface area contributed by atoms with E-state index in [0.29, 0.717) is 44.7 Å². The third-order valence-electron chi connectivity index (χ3n) is 5.54. The zero-order valence-corrected chi connectivity index (χ0v) is 17.4. The molecule has 2 aliphatic heterocycles. The Bertz CT molecular complexity index is 793. The fourth-order valence-corrected chi connectivity index (χ4v) is 3.71. The Hall–Kier alpha value is -2.90. The van der Waals surface area contributed by atoms with Gasteiger partial charge in [-0.3, -0.25) is 24.8 Å². The molecule has 1 aromatic rings. The first-order chi connectivity index (χ1) is 13.9. The van der Waals surface area contributed by atoms with Gasteiger partial charge in [-0.2, -0.15) is 0 Å². The number of carbonyl (C=O) groups is 3. The maximum Gasteiger partial charge on any atom is 0.290 e. The van der Waals surface area contributed by atoms with Gasteiger partial charge in [0.1, 0.15) is 6.54 Å². The van der Waals surface area contributed by atoms with Gasteiger partial charge in [-0.15, -0.1) is 0 Å². The molecular weight excluding hydrogens is 370 g/mol. The SMILES string of the molecule is CCN(CC)C(=O)C1CCN(C(=O)C2=NCC(=O)N(c3ccc(C)cc3)N2)CC1. The van der Waals surface area contributed by atoms with Crippen LogP contribution in [0, 0.1) is 12.8 Å². The van der Waals surface area contributed by atoms with E-state index in [1.165, 1.54) is 5.01 Å². The zero-order valence-electron chi connectivity index (χ0n) is 17.4. The van der Waals surface area contributed by atoms with Crippen molar-refractivity contribution in [3.8, 4) is 0 Å². The number of benzene rings is 1. The molecule has 0 saturated carbocycles. The van der Waals surface area contributed by atoms with Crippen LogP contribution in [0.1, 0.15) is 32.3 Å². The Kier molecular flexibility index (Phi) is 6.51. The minimum absolute atomic E-state index is 0.0363. The van der Waals surface area contributed by atoms with Crippen molar-refractivity contribution in [3.63, 3.8) is 0 Å². The number of piperidine rings is 1. The predicted molar refractivity (Wildman–Crippen MR) is 111 cm³/mol. The first kappa shape index (κ1) is 20.8. The molecule has 8 nitrogen and oxygen atoms in total. The van der Waals surface area contributed by atoms with Crippen molar-refractivity contribution in [1.82, 2.24) is 15.2 Å². The molecule has 0 radical (unpaired) electrons. The second kappa shape index (κ2) is 9.07. The van der Waals surface area contributed by atoms with Gasteiger partial charge in [0.15, 0.2) is 0 Å². The summed E-state index contributed by atoms with van der Waals surface area (Å²) in [5, 5.41) is 1.37. The van der Waals surface area contributed by atoms with Gasteiger partial charge < -0.3 is 9.80 Å². The number of carbonyl (C=O) groups excluding carboxylic acids is 3. The maximum atomic E-state index is 12.9. The number of aliphatic imine (C=N–C) groups is 1. The molecule has 0 aliphatic carbocycles. The molecule has 3 amide bonds. The number of hydrazine groups is 1. The van der Waals surface area contributed by atoms with E-state index in [0.717, 1.165) is 5.56 Å². The van der Waals surface area contributed by atoms with Crippen LogP contribution in [0.15, 0.2) is 29.3 Å². The van der Waals surface area contributed by atoms with Gasteiger partial charge in [-0.05, 0) is 45.7 Å². The summed E-state index contributed by atoms with van der Waals surface area (Å²) in [6.07, 6.45) is 1.30. The smallest absolute Gasteiger partial charge is 0.290 e. The molecule has 2 heterocycles. The molecule has 3 rings (SSSR count). The van der Waals surface area contributed by atoms with Gasteiger partial charge in [-0.1, -0.05) is 17.7 Å². The molecule has 0 unspecified atom stereocenters. The standard InChI is InChI=1S/C21H29N5O3/c1-4-24(5-2)20(28)16-10-12-25(13-11-16)21(29)19-22-14-18(27)26(23-19)17-8-6-15(3)7-9-17/h6-9,16H,4-5,10-14H2,1-3H3,(H,22,23). The Balaban J connectivity index is 1.61. The number of nitrogens with zero attached hydrogens (tertiary/aromatic N) is 4. The van der Waals surface area contributed by atoms with Crippen molar-refractivity contribution in [2.24, 2.45) is 10.9 Å². The van der Waals surface area contributed by atoms with Crippen molar-refractivity contribution < 1.29 is 14.4 Å². The Morgan fingerprint density at radius 2 is 1.76 bits per heavy atom. The number of aryl methyl sites for hydroxylation is 1. The Morgan fingerprint density at radius 3 is 2.34 bits per heavy atom. The number of amidine groups is 1. The number of hydrogen-bond donors (Lipinski definition) is 1. The third-order valence-corrected chi connectivity index (χ3v) is 5.54. The highest BCUT2D eigenvalue weighted by Crippen LogP contribution is 2.21. The second-order valence-electron chi connectivity index (χ2n) is 7.42. The van der Waals surface area contributed by atoms with Crippen LogP contribution in [-0.2, 0) is 14.4 Å². The summed E-state index contributed by atoms with van der Waals surface area (Å²) in [4.78, 5) is 45.4. The number of nitrogens with one attached hydrogen (secondary N) is 1. The van der Waals surface area contributed by atoms with Crippen molar-refractivity contribution in [2.75, 3.05) is 37.7 Å². The van der Waals surface area contributed by atoms with Crippen LogP contribution in [0.5, 0.6) is 0 Å². The number of rotatable bonds is 5. The summed E-state index contributed by atoms with van der Waals surface area (Å²) in [6, 6.07) is 7.49. The predicted octanol–water partition coefficient (Wildman–Crippen LogP) is 1.35. The lowest BCUT2D eigenvalue weighted by molar-refractivity contribution is -0.138. The third kappa shape index (κ3) is 4.58. The van der Waals surface area contributed by atoms with E-state index in [2.05, 4.69) is 10.4 Å². The van der Waals surface area contributed by atoms with E-state index in [9.17, 15) is 14.4 Å². The van der Waals surface area contributed by atoms with Crippen LogP contribution in [0.2, 0.25) is 0 Å². The first-order valence-electron chi connectivity index (χ1n) is 10.2. The normalized spacial score (nSPS) is 17.6. The summed E-state index contributed by atoms with van der Waals surface area (Å²) in [6.45, 7) is 8.29. The molecule has 156 valence electrons. The van der Waals surface area contributed by atoms with E-state index >= 15 is 0 Å². The first-order valence-corrected chi connectivity index (χ1v) is 10.2. The molecule has 2 aliphatic rings. The molecule has 0 bridgehead atoms. The highest BCUT2D eigenvalue weighted by atomic mass is 16.2. The van der Waals surface area contributed by atoms with E-state index in [1.54, 1.807) is 4.90 Å². The Labute approximate surface area is 171 Å². The van der Waals surface area contributed by atoms with Gasteiger partial charge in [-0.25, -0.2) is 5.01 Å². The number of hydrogen-bond acceptors (Lipinski definition) is 5. The monoisotopic (exact) mass is 399 g/mol. The quantitative estimate of drug-likeness (QED) is 0.810. The summed E-state index contributed by atoms with van der Waals surface area (Å²) in [5.74, 6) is -0.145. The fourth-order valence-electron chi connectivity index (χ4n) is 3.71. The minimum atomic E-state index is -0.233. The Morgan fingerprint density at radius 1 is 1.14 bits per heavy atom. The van der Waals surface area contributed by atoms with Gasteiger partial charge in [0, 0.05) is 32.1 Å². The molecule has 29 heavy (non-hydrogen) atoms. The highest BCUT2D eigenvalue weighted by Gasteiger charge is 2.33. The maximum absolute atomic E-state index is 12.9. The molecule has 1 saturated heterocycles. The van der Waals surface area contributed by atoms with Crippen LogP contribution in [0.25, 0.3) is 0 Å². The van der Waals surface area contributed by atoms with Gasteiger partial charge >= 0.3 is 0 Å². The van der Waals surface area contributed by atoms with Crippen molar-refractivity contribution in [1.29, 1.82) is 0 Å². The zero-order chi connectivity index (χ0) is 21.0. The summed E-state index contributed by atoms with van der Waals surface area (Å²) in [7, 11) is 0. The van der Waals surface area contributed by atoms with Gasteiger partial charge in [0.2, 0.25) is 11.7 Å². The van der Waals surface area contributed by atoms with Crippen molar-refractivity contribution in [3.05, 3.63) is 29.8 Å². The lowest BCUT2D eigenvalue weighted by Crippen LogP contribution is -2.57. The van der Waals surface area contributed by atoms with Gasteiger partial charge in [0.05, 0.1) is 5.69 Å². The molecule has 1 aromatic carbocycles. The molecule has 1 N–H and O–H groups in total. The fraction of sp³-hybridized carbons (Fsp3) is 0.524. The minimum Gasteiger partial charge on any atom is -0.343 e. The molecular formula is C21H29N5O3. The molecule has 0 aromatic heterocycles. The van der Waals surface area contributed by atoms with E-state index in [1.807, 2.05) is 49.9 Å². The topological polar surface area (TPSA) is 85.3 Å². The molecule has 1 fully saturated rings. The average Bonchev–Trinajstić information content (AvgIpc) is 2.75. The van der Waals surface area contributed by atoms with Crippen LogP contribution in [0.3, 0.4) is 0 Å². The molecule has 0 spiro atoms. The van der Waals surface area contributed by atoms with E-state index in [-0.39, 0.29) is 36.0 Å². The van der Waals surface area contributed by atoms with E-state index < -0.39 is 0 Å². The summed E-state index contributed by atoms with van der Waals surface area (Å²) < 4.78 is 0. The number of amides is 3. The largest absolute Gasteiger partial charge is 0.343 e. The van der Waals surface area contributed by atoms with Crippen LogP contribution < -0.4 is 10.4 Å². The number of anilines is 1. The van der Waals surface area contributed by atoms with Crippen LogP contribution >= 0.6 is 0 Å². The molecule has 8 heteroatoms. The summed E-state index contributed by atoms with van der Waals surface area (Å²) in [5.41, 5.74) is 4.63. The lowest BCUT2D eigenvalue weighted by atomic mass is 9.95. The molecule has 0 atom stereocenters. The second-order valence-corrected chi connectivity index (χ2v) is 7.42. The van der Waals surface area contributed by atoms with Crippen molar-refractivity contribution >= 4 is 29.2 Å². The average molecular weight is 399 g/mol. The van der Waals surface area contributed by atoms with E-state index in [4.69, 9.17) is 0 Å². The highest BCUT2D eigenvalue weighted by molar-refractivity contribution is 6.39. The van der Waals surface area contributed by atoms with Crippen molar-refractivity contribution in [2.45, 2.75) is 33.6 Å². The number of likely N-dealkylation sites (tertiary alicyclic amines) is 1. The van der Waals surface area contributed by atoms with Gasteiger partial charge in [0.25, 0.3) is 11.8 Å². The van der Waals surface area contributed by atoms with Crippen LogP contribution in [-0.4, -0.2) is 66.1 Å².